The second kappa shape index (κ2) is 8.62. The van der Waals surface area contributed by atoms with Gasteiger partial charge in [-0.15, -0.1) is 0 Å². The van der Waals surface area contributed by atoms with Crippen molar-refractivity contribution in [3.63, 3.8) is 0 Å². The Morgan fingerprint density at radius 1 is 0.969 bits per heavy atom. The van der Waals surface area contributed by atoms with Crippen LogP contribution in [0.15, 0.2) is 78.9 Å². The number of hydrogen-bond donors (Lipinski definition) is 1. The third kappa shape index (κ3) is 3.70. The van der Waals surface area contributed by atoms with Crippen LogP contribution in [-0.4, -0.2) is 29.3 Å². The Morgan fingerprint density at radius 3 is 2.47 bits per heavy atom. The highest BCUT2D eigenvalue weighted by molar-refractivity contribution is 6.01. The monoisotopic (exact) mass is 424 g/mol. The van der Waals surface area contributed by atoms with Crippen molar-refractivity contribution in [3.05, 3.63) is 107 Å². The molecule has 0 fully saturated rings. The van der Waals surface area contributed by atoms with Gasteiger partial charge in [-0.05, 0) is 54.5 Å². The van der Waals surface area contributed by atoms with Crippen LogP contribution in [0, 0.1) is 0 Å². The van der Waals surface area contributed by atoms with Gasteiger partial charge in [0.2, 0.25) is 5.91 Å². The summed E-state index contributed by atoms with van der Waals surface area (Å²) in [6.45, 7) is 2.70. The standard InChI is InChI=1S/C28H28N2O2/c1-19(15-16-20-9-3-2-4-10-20)29-27(31)25-23-13-7-8-14-24(23)28(32)30-18-17-21-11-5-6-12-22(21)26(25)30/h2-14,19,25-26H,15-18H2,1H3,(H,29,31)/t19-,25-,26-/m1/s1. The summed E-state index contributed by atoms with van der Waals surface area (Å²) in [4.78, 5) is 28.9. The van der Waals surface area contributed by atoms with Crippen molar-refractivity contribution in [2.45, 2.75) is 44.2 Å². The molecule has 0 radical (unpaired) electrons. The van der Waals surface area contributed by atoms with Gasteiger partial charge in [0.25, 0.3) is 5.91 Å². The molecule has 2 heterocycles. The minimum Gasteiger partial charge on any atom is -0.353 e. The number of carbonyl (C=O) groups is 2. The van der Waals surface area contributed by atoms with Crippen molar-refractivity contribution in [2.75, 3.05) is 6.54 Å². The van der Waals surface area contributed by atoms with E-state index in [-0.39, 0.29) is 23.9 Å². The fourth-order valence-electron chi connectivity index (χ4n) is 5.19. The van der Waals surface area contributed by atoms with Gasteiger partial charge >= 0.3 is 0 Å². The van der Waals surface area contributed by atoms with E-state index in [4.69, 9.17) is 0 Å². The lowest BCUT2D eigenvalue weighted by molar-refractivity contribution is -0.125. The maximum Gasteiger partial charge on any atom is 0.254 e. The highest BCUT2D eigenvalue weighted by Crippen LogP contribution is 2.45. The Labute approximate surface area is 189 Å². The van der Waals surface area contributed by atoms with Crippen molar-refractivity contribution >= 4 is 11.8 Å². The SMILES string of the molecule is C[C@H](CCc1ccccc1)NC(=O)[C@@H]1c2ccccc2C(=O)N2CCc3ccccc3[C@H]12. The Kier molecular flexibility index (Phi) is 5.52. The molecule has 0 aromatic heterocycles. The summed E-state index contributed by atoms with van der Waals surface area (Å²) in [5.41, 5.74) is 5.09. The molecule has 0 saturated heterocycles. The first kappa shape index (κ1) is 20.5. The molecule has 0 saturated carbocycles. The Bertz CT molecular complexity index is 1140. The number of carbonyl (C=O) groups excluding carboxylic acids is 2. The largest absolute Gasteiger partial charge is 0.353 e. The van der Waals surface area contributed by atoms with E-state index in [2.05, 4.69) is 36.5 Å². The molecule has 5 rings (SSSR count). The lowest BCUT2D eigenvalue weighted by atomic mass is 9.75. The molecule has 4 nitrogen and oxygen atoms in total. The molecule has 0 bridgehead atoms. The quantitative estimate of drug-likeness (QED) is 0.648. The van der Waals surface area contributed by atoms with Crippen LogP contribution in [0.4, 0.5) is 0 Å². The molecule has 2 amide bonds. The molecule has 3 aromatic carbocycles. The Balaban J connectivity index is 1.44. The summed E-state index contributed by atoms with van der Waals surface area (Å²) >= 11 is 0. The van der Waals surface area contributed by atoms with Gasteiger partial charge in [-0.3, -0.25) is 9.59 Å². The average Bonchev–Trinajstić information content (AvgIpc) is 2.83. The minimum absolute atomic E-state index is 0.00258. The highest BCUT2D eigenvalue weighted by Gasteiger charge is 2.46. The van der Waals surface area contributed by atoms with Gasteiger partial charge in [0.15, 0.2) is 0 Å². The van der Waals surface area contributed by atoms with Crippen molar-refractivity contribution in [1.82, 2.24) is 10.2 Å². The van der Waals surface area contributed by atoms with E-state index in [0.717, 1.165) is 30.4 Å². The van der Waals surface area contributed by atoms with E-state index in [1.807, 2.05) is 59.5 Å². The number of fused-ring (bicyclic) bond motifs is 4. The highest BCUT2D eigenvalue weighted by atomic mass is 16.2. The van der Waals surface area contributed by atoms with E-state index >= 15 is 0 Å². The zero-order valence-electron chi connectivity index (χ0n) is 18.3. The Hall–Kier alpha value is -3.40. The average molecular weight is 425 g/mol. The predicted octanol–water partition coefficient (Wildman–Crippen LogP) is 4.66. The molecule has 0 unspecified atom stereocenters. The molecule has 4 heteroatoms. The first-order valence-electron chi connectivity index (χ1n) is 11.5. The molecule has 162 valence electrons. The van der Waals surface area contributed by atoms with Crippen LogP contribution in [0.1, 0.15) is 57.9 Å². The maximum atomic E-state index is 13.7. The molecule has 2 aliphatic heterocycles. The van der Waals surface area contributed by atoms with Crippen LogP contribution >= 0.6 is 0 Å². The summed E-state index contributed by atoms with van der Waals surface area (Å²) in [6.07, 6.45) is 2.61. The number of amides is 2. The normalized spacial score (nSPS) is 20.0. The van der Waals surface area contributed by atoms with E-state index in [1.54, 1.807) is 0 Å². The van der Waals surface area contributed by atoms with Crippen molar-refractivity contribution in [1.29, 1.82) is 0 Å². The number of nitrogens with zero attached hydrogens (tertiary/aromatic N) is 1. The van der Waals surface area contributed by atoms with Crippen molar-refractivity contribution < 1.29 is 9.59 Å². The number of rotatable bonds is 5. The molecular weight excluding hydrogens is 396 g/mol. The fourth-order valence-corrected chi connectivity index (χ4v) is 5.19. The van der Waals surface area contributed by atoms with Gasteiger partial charge in [0.05, 0.1) is 12.0 Å². The molecular formula is C28H28N2O2. The molecule has 3 atom stereocenters. The molecule has 32 heavy (non-hydrogen) atoms. The van der Waals surface area contributed by atoms with Crippen LogP contribution in [0.25, 0.3) is 0 Å². The third-order valence-electron chi connectivity index (χ3n) is 6.81. The van der Waals surface area contributed by atoms with Gasteiger partial charge in [0.1, 0.15) is 0 Å². The zero-order valence-corrected chi connectivity index (χ0v) is 18.3. The summed E-state index contributed by atoms with van der Waals surface area (Å²) in [5.74, 6) is -0.386. The van der Waals surface area contributed by atoms with E-state index in [0.29, 0.717) is 12.1 Å². The van der Waals surface area contributed by atoms with Crippen LogP contribution < -0.4 is 5.32 Å². The van der Waals surface area contributed by atoms with Gasteiger partial charge in [0, 0.05) is 18.2 Å². The predicted molar refractivity (Wildman–Crippen MR) is 125 cm³/mol. The molecule has 0 aliphatic carbocycles. The topological polar surface area (TPSA) is 49.4 Å². The summed E-state index contributed by atoms with van der Waals surface area (Å²) in [6, 6.07) is 26.0. The smallest absolute Gasteiger partial charge is 0.254 e. The Morgan fingerprint density at radius 2 is 1.66 bits per heavy atom. The summed E-state index contributed by atoms with van der Waals surface area (Å²) in [7, 11) is 0. The van der Waals surface area contributed by atoms with Crippen LogP contribution in [0.5, 0.6) is 0 Å². The van der Waals surface area contributed by atoms with Crippen LogP contribution in [0.2, 0.25) is 0 Å². The van der Waals surface area contributed by atoms with Crippen molar-refractivity contribution in [3.8, 4) is 0 Å². The number of hydrogen-bond acceptors (Lipinski definition) is 2. The van der Waals surface area contributed by atoms with E-state index in [9.17, 15) is 9.59 Å². The summed E-state index contributed by atoms with van der Waals surface area (Å²) in [5, 5.41) is 3.26. The number of nitrogens with one attached hydrogen (secondary N) is 1. The van der Waals surface area contributed by atoms with Gasteiger partial charge < -0.3 is 10.2 Å². The minimum atomic E-state index is -0.412. The second-order valence-corrected chi connectivity index (χ2v) is 8.89. The lowest BCUT2D eigenvalue weighted by Crippen LogP contribution is -2.51. The molecule has 0 spiro atoms. The first-order valence-corrected chi connectivity index (χ1v) is 11.5. The lowest BCUT2D eigenvalue weighted by Gasteiger charge is -2.45. The third-order valence-corrected chi connectivity index (χ3v) is 6.81. The van der Waals surface area contributed by atoms with Crippen LogP contribution in [-0.2, 0) is 17.6 Å². The maximum absolute atomic E-state index is 13.7. The van der Waals surface area contributed by atoms with Gasteiger partial charge in [-0.2, -0.15) is 0 Å². The molecule has 3 aromatic rings. The molecule has 2 aliphatic rings. The van der Waals surface area contributed by atoms with Gasteiger partial charge in [-0.1, -0.05) is 72.8 Å². The summed E-state index contributed by atoms with van der Waals surface area (Å²) < 4.78 is 0. The van der Waals surface area contributed by atoms with Gasteiger partial charge in [-0.25, -0.2) is 0 Å². The fraction of sp³-hybridized carbons (Fsp3) is 0.286. The second-order valence-electron chi connectivity index (χ2n) is 8.89. The number of aryl methyl sites for hydroxylation is 1. The number of benzene rings is 3. The molecule has 1 N–H and O–H groups in total. The first-order chi connectivity index (χ1) is 15.6. The van der Waals surface area contributed by atoms with Crippen LogP contribution in [0.3, 0.4) is 0 Å². The van der Waals surface area contributed by atoms with E-state index in [1.165, 1.54) is 11.1 Å². The van der Waals surface area contributed by atoms with E-state index < -0.39 is 5.92 Å². The van der Waals surface area contributed by atoms with Crippen molar-refractivity contribution in [2.24, 2.45) is 0 Å². The zero-order chi connectivity index (χ0) is 22.1.